The molecule has 1 N–H and O–H groups in total. The zero-order valence-electron chi connectivity index (χ0n) is 22.9. The lowest BCUT2D eigenvalue weighted by Gasteiger charge is -2.33. The number of benzene rings is 4. The number of hydrogen-bond donors (Lipinski definition) is 1. The van der Waals surface area contributed by atoms with Crippen LogP contribution >= 0.6 is 0 Å². The zero-order valence-corrected chi connectivity index (χ0v) is 22.9. The van der Waals surface area contributed by atoms with Crippen molar-refractivity contribution in [2.24, 2.45) is 0 Å². The molecule has 1 saturated heterocycles. The summed E-state index contributed by atoms with van der Waals surface area (Å²) in [5, 5.41) is 2.81. The molecular weight excluding hydrogens is 534 g/mol. The van der Waals surface area contributed by atoms with Crippen LogP contribution in [0.25, 0.3) is 6.08 Å². The number of amides is 5. The van der Waals surface area contributed by atoms with Gasteiger partial charge in [0.25, 0.3) is 17.7 Å². The molecule has 9 nitrogen and oxygen atoms in total. The first-order valence-corrected chi connectivity index (χ1v) is 13.1. The molecule has 0 radical (unpaired) electrons. The zero-order chi connectivity index (χ0) is 29.6. The summed E-state index contributed by atoms with van der Waals surface area (Å²) in [6, 6.07) is 28.2. The van der Waals surface area contributed by atoms with E-state index in [1.165, 1.54) is 13.2 Å². The smallest absolute Gasteiger partial charge is 0.343 e. The topological polar surface area (TPSA) is 105 Å². The molecule has 42 heavy (non-hydrogen) atoms. The van der Waals surface area contributed by atoms with Gasteiger partial charge >= 0.3 is 6.03 Å². The first-order valence-electron chi connectivity index (χ1n) is 13.1. The lowest BCUT2D eigenvalue weighted by Crippen LogP contribution is -2.57. The number of carbonyl (C=O) groups excluding carboxylic acids is 4. The average Bonchev–Trinajstić information content (AvgIpc) is 3.01. The van der Waals surface area contributed by atoms with E-state index in [1.807, 2.05) is 25.1 Å². The Balaban J connectivity index is 1.43. The van der Waals surface area contributed by atoms with Crippen molar-refractivity contribution in [1.82, 2.24) is 0 Å². The number of imide groups is 2. The number of barbiturate groups is 1. The number of nitrogens with one attached hydrogen (secondary N) is 1. The highest BCUT2D eigenvalue weighted by atomic mass is 16.5. The van der Waals surface area contributed by atoms with Gasteiger partial charge in [-0.15, -0.1) is 0 Å². The lowest BCUT2D eigenvalue weighted by molar-refractivity contribution is -0.121. The van der Waals surface area contributed by atoms with Crippen LogP contribution in [-0.4, -0.2) is 37.5 Å². The predicted molar refractivity (Wildman–Crippen MR) is 160 cm³/mol. The number of ether oxygens (including phenoxy) is 2. The molecule has 0 bridgehead atoms. The molecule has 5 rings (SSSR count). The highest BCUT2D eigenvalue weighted by Gasteiger charge is 2.43. The molecule has 1 heterocycles. The van der Waals surface area contributed by atoms with Gasteiger partial charge in [0, 0.05) is 5.69 Å². The standard InChI is InChI=1S/C33H27N3O6/c1-22-11-9-10-16-27(22)34-30(37)21-42-28-18-17-23(20-29(28)41-2)19-26-31(38)35(24-12-5-3-6-13-24)33(40)36(32(26)39)25-14-7-4-8-15-25/h3-20H,21H2,1-2H3,(H,34,37). The van der Waals surface area contributed by atoms with Crippen molar-refractivity contribution in [1.29, 1.82) is 0 Å². The molecular formula is C33H27N3O6. The molecule has 4 aromatic rings. The predicted octanol–water partition coefficient (Wildman–Crippen LogP) is 5.60. The fraction of sp³-hybridized carbons (Fsp3) is 0.0909. The van der Waals surface area contributed by atoms with Gasteiger partial charge in [0.1, 0.15) is 5.57 Å². The summed E-state index contributed by atoms with van der Waals surface area (Å²) in [5.74, 6) is -1.26. The second-order valence-electron chi connectivity index (χ2n) is 9.35. The minimum Gasteiger partial charge on any atom is -0.493 e. The lowest BCUT2D eigenvalue weighted by atomic mass is 10.0. The quantitative estimate of drug-likeness (QED) is 0.222. The molecule has 0 atom stereocenters. The van der Waals surface area contributed by atoms with E-state index in [9.17, 15) is 19.2 Å². The van der Waals surface area contributed by atoms with Crippen LogP contribution in [0.3, 0.4) is 0 Å². The van der Waals surface area contributed by atoms with Crippen LogP contribution in [0.5, 0.6) is 11.5 Å². The Labute approximate surface area is 242 Å². The molecule has 0 aliphatic carbocycles. The van der Waals surface area contributed by atoms with Crippen LogP contribution in [0.2, 0.25) is 0 Å². The summed E-state index contributed by atoms with van der Waals surface area (Å²) in [5.41, 5.74) is 2.51. The number of methoxy groups -OCH3 is 1. The van der Waals surface area contributed by atoms with E-state index < -0.39 is 17.8 Å². The van der Waals surface area contributed by atoms with Gasteiger partial charge in [-0.25, -0.2) is 14.6 Å². The van der Waals surface area contributed by atoms with Gasteiger partial charge in [-0.05, 0) is 66.6 Å². The minimum atomic E-state index is -0.773. The summed E-state index contributed by atoms with van der Waals surface area (Å²) in [7, 11) is 1.44. The molecule has 1 fully saturated rings. The van der Waals surface area contributed by atoms with Gasteiger partial charge in [-0.1, -0.05) is 60.7 Å². The third-order valence-corrected chi connectivity index (χ3v) is 6.55. The third-order valence-electron chi connectivity index (χ3n) is 6.55. The van der Waals surface area contributed by atoms with E-state index >= 15 is 0 Å². The Morgan fingerprint density at radius 2 is 1.33 bits per heavy atom. The summed E-state index contributed by atoms with van der Waals surface area (Å²) in [6.07, 6.45) is 1.40. The summed E-state index contributed by atoms with van der Waals surface area (Å²) in [4.78, 5) is 55.1. The number of nitrogens with zero attached hydrogens (tertiary/aromatic N) is 2. The Kier molecular flexibility index (Phi) is 8.10. The van der Waals surface area contributed by atoms with Crippen LogP contribution in [-0.2, 0) is 14.4 Å². The Morgan fingerprint density at radius 3 is 1.90 bits per heavy atom. The van der Waals surface area contributed by atoms with Gasteiger partial charge in [-0.2, -0.15) is 0 Å². The maximum Gasteiger partial charge on any atom is 0.343 e. The van der Waals surface area contributed by atoms with Gasteiger partial charge in [0.05, 0.1) is 18.5 Å². The third kappa shape index (κ3) is 5.75. The summed E-state index contributed by atoms with van der Waals surface area (Å²) in [6.45, 7) is 1.63. The fourth-order valence-corrected chi connectivity index (χ4v) is 4.44. The second kappa shape index (κ2) is 12.2. The van der Waals surface area contributed by atoms with Gasteiger partial charge in [0.15, 0.2) is 18.1 Å². The number of carbonyl (C=O) groups is 4. The average molecular weight is 562 g/mol. The minimum absolute atomic E-state index is 0.212. The number of para-hydroxylation sites is 3. The van der Waals surface area contributed by atoms with Crippen molar-refractivity contribution in [2.75, 3.05) is 28.8 Å². The monoisotopic (exact) mass is 561 g/mol. The van der Waals surface area contributed by atoms with Crippen molar-refractivity contribution < 1.29 is 28.7 Å². The van der Waals surface area contributed by atoms with Crippen LogP contribution in [0, 0.1) is 6.92 Å². The summed E-state index contributed by atoms with van der Waals surface area (Å²) < 4.78 is 11.2. The summed E-state index contributed by atoms with van der Waals surface area (Å²) >= 11 is 0. The van der Waals surface area contributed by atoms with E-state index in [-0.39, 0.29) is 18.1 Å². The van der Waals surface area contributed by atoms with Crippen LogP contribution < -0.4 is 24.6 Å². The molecule has 0 spiro atoms. The fourth-order valence-electron chi connectivity index (χ4n) is 4.44. The number of urea groups is 1. The van der Waals surface area contributed by atoms with Crippen molar-refractivity contribution in [3.8, 4) is 11.5 Å². The normalized spacial score (nSPS) is 13.2. The number of aryl methyl sites for hydroxylation is 1. The van der Waals surface area contributed by atoms with Crippen molar-refractivity contribution in [2.45, 2.75) is 6.92 Å². The molecule has 1 aliphatic heterocycles. The van der Waals surface area contributed by atoms with Crippen LogP contribution in [0.4, 0.5) is 21.9 Å². The highest BCUT2D eigenvalue weighted by molar-refractivity contribution is 6.46. The van der Waals surface area contributed by atoms with E-state index in [0.717, 1.165) is 15.4 Å². The largest absolute Gasteiger partial charge is 0.493 e. The van der Waals surface area contributed by atoms with Crippen molar-refractivity contribution >= 4 is 46.9 Å². The molecule has 4 aromatic carbocycles. The van der Waals surface area contributed by atoms with Crippen molar-refractivity contribution in [3.05, 3.63) is 120 Å². The SMILES string of the molecule is COc1cc(C=C2C(=O)N(c3ccccc3)C(=O)N(c3ccccc3)C2=O)ccc1OCC(=O)Nc1ccccc1C. The Hall–Kier alpha value is -5.70. The van der Waals surface area contributed by atoms with E-state index in [4.69, 9.17) is 9.47 Å². The number of rotatable bonds is 8. The highest BCUT2D eigenvalue weighted by Crippen LogP contribution is 2.32. The first kappa shape index (κ1) is 27.9. The van der Waals surface area contributed by atoms with Crippen LogP contribution in [0.15, 0.2) is 109 Å². The van der Waals surface area contributed by atoms with Crippen molar-refractivity contribution in [3.63, 3.8) is 0 Å². The molecule has 5 amide bonds. The van der Waals surface area contributed by atoms with Crippen LogP contribution in [0.1, 0.15) is 11.1 Å². The first-order chi connectivity index (χ1) is 20.4. The Bertz CT molecular complexity index is 1620. The van der Waals surface area contributed by atoms with E-state index in [2.05, 4.69) is 5.32 Å². The molecule has 210 valence electrons. The van der Waals surface area contributed by atoms with E-state index in [0.29, 0.717) is 34.1 Å². The number of hydrogen-bond acceptors (Lipinski definition) is 6. The maximum absolute atomic E-state index is 13.6. The maximum atomic E-state index is 13.6. The van der Waals surface area contributed by atoms with E-state index in [1.54, 1.807) is 84.9 Å². The molecule has 0 unspecified atom stereocenters. The molecule has 0 saturated carbocycles. The van der Waals surface area contributed by atoms with Gasteiger partial charge in [0.2, 0.25) is 0 Å². The number of anilines is 3. The van der Waals surface area contributed by atoms with Gasteiger partial charge in [-0.3, -0.25) is 14.4 Å². The molecule has 1 aliphatic rings. The second-order valence-corrected chi connectivity index (χ2v) is 9.35. The Morgan fingerprint density at radius 1 is 0.762 bits per heavy atom. The molecule has 0 aromatic heterocycles. The molecule has 9 heteroatoms. The van der Waals surface area contributed by atoms with Gasteiger partial charge < -0.3 is 14.8 Å².